The van der Waals surface area contributed by atoms with Crippen LogP contribution in [0.25, 0.3) is 0 Å². The van der Waals surface area contributed by atoms with Gasteiger partial charge in [-0.3, -0.25) is 4.90 Å². The zero-order valence-electron chi connectivity index (χ0n) is 7.16. The monoisotopic (exact) mass is 182 g/mol. The highest BCUT2D eigenvalue weighted by atomic mass is 32.1. The molecular weight excluding hydrogens is 170 g/mol. The van der Waals surface area contributed by atoms with Crippen molar-refractivity contribution in [3.8, 4) is 0 Å². The van der Waals surface area contributed by atoms with Gasteiger partial charge in [-0.05, 0) is 24.3 Å². The van der Waals surface area contributed by atoms with Gasteiger partial charge in [0.05, 0.1) is 19.7 Å². The molecule has 0 aromatic heterocycles. The van der Waals surface area contributed by atoms with Crippen molar-refractivity contribution in [1.82, 2.24) is 0 Å². The molecule has 0 saturated carbocycles. The van der Waals surface area contributed by atoms with Crippen LogP contribution in [0.15, 0.2) is 29.2 Å². The summed E-state index contributed by atoms with van der Waals surface area (Å²) in [4.78, 5) is 13.1. The topological polar surface area (TPSA) is 21.5 Å². The third kappa shape index (κ3) is 2.09. The van der Waals surface area contributed by atoms with Crippen molar-refractivity contribution < 1.29 is 9.69 Å². The summed E-state index contributed by atoms with van der Waals surface area (Å²) in [5.74, 6) is 0.100. The van der Waals surface area contributed by atoms with E-state index in [4.69, 9.17) is 0 Å². The summed E-state index contributed by atoms with van der Waals surface area (Å²) in [5, 5.41) is 0. The quantitative estimate of drug-likeness (QED) is 0.597. The summed E-state index contributed by atoms with van der Waals surface area (Å²) in [6, 6.07) is 7.22. The van der Waals surface area contributed by atoms with Crippen molar-refractivity contribution in [2.75, 3.05) is 14.1 Å². The van der Waals surface area contributed by atoms with E-state index in [0.29, 0.717) is 0 Å². The van der Waals surface area contributed by atoms with Crippen LogP contribution in [-0.4, -0.2) is 20.0 Å². The second kappa shape index (κ2) is 3.74. The van der Waals surface area contributed by atoms with Crippen LogP contribution < -0.4 is 4.90 Å². The predicted octanol–water partition coefficient (Wildman–Crippen LogP) is 0.260. The van der Waals surface area contributed by atoms with Crippen LogP contribution in [-0.2, 0) is 0 Å². The van der Waals surface area contributed by atoms with Crippen LogP contribution in [0.5, 0.6) is 0 Å². The molecule has 0 saturated heterocycles. The molecule has 1 aromatic rings. The van der Waals surface area contributed by atoms with Gasteiger partial charge in [0.25, 0.3) is 0 Å². The number of thiol groups is 1. The summed E-state index contributed by atoms with van der Waals surface area (Å²) < 4.78 is 0. The molecule has 1 rings (SSSR count). The van der Waals surface area contributed by atoms with Crippen LogP contribution in [0.4, 0.5) is 0 Å². The van der Waals surface area contributed by atoms with Crippen LogP contribution >= 0.6 is 12.6 Å². The third-order valence-electron chi connectivity index (χ3n) is 1.58. The maximum absolute atomic E-state index is 11.4. The minimum Gasteiger partial charge on any atom is -0.272 e. The fourth-order valence-electron chi connectivity index (χ4n) is 0.901. The van der Waals surface area contributed by atoms with E-state index in [-0.39, 0.29) is 5.91 Å². The van der Waals surface area contributed by atoms with E-state index in [2.05, 4.69) is 12.6 Å². The van der Waals surface area contributed by atoms with Gasteiger partial charge in [-0.1, -0.05) is 0 Å². The number of carbonyl (C=O) groups is 1. The Morgan fingerprint density at radius 3 is 2.17 bits per heavy atom. The molecule has 0 radical (unpaired) electrons. The molecule has 64 valence electrons. The van der Waals surface area contributed by atoms with Gasteiger partial charge in [0.15, 0.2) is 0 Å². The largest absolute Gasteiger partial charge is 0.343 e. The van der Waals surface area contributed by atoms with Crippen molar-refractivity contribution in [2.45, 2.75) is 4.90 Å². The van der Waals surface area contributed by atoms with Crippen LogP contribution in [0.1, 0.15) is 10.4 Å². The lowest BCUT2D eigenvalue weighted by Crippen LogP contribution is -3.08. The first-order valence-electron chi connectivity index (χ1n) is 3.75. The highest BCUT2D eigenvalue weighted by Crippen LogP contribution is 2.06. The number of benzene rings is 1. The molecule has 1 aromatic carbocycles. The highest BCUT2D eigenvalue weighted by molar-refractivity contribution is 7.80. The Bertz CT molecular complexity index is 279. The molecule has 0 bridgehead atoms. The lowest BCUT2D eigenvalue weighted by molar-refractivity contribution is -0.767. The minimum atomic E-state index is 0.100. The molecule has 0 spiro atoms. The van der Waals surface area contributed by atoms with Crippen molar-refractivity contribution in [1.29, 1.82) is 0 Å². The fraction of sp³-hybridized carbons (Fsp3) is 0.222. The molecule has 0 unspecified atom stereocenters. The second-order valence-electron chi connectivity index (χ2n) is 2.88. The van der Waals surface area contributed by atoms with E-state index in [1.165, 1.54) is 0 Å². The number of hydrogen-bond acceptors (Lipinski definition) is 2. The molecule has 0 fully saturated rings. The van der Waals surface area contributed by atoms with Gasteiger partial charge in [0, 0.05) is 4.90 Å². The molecule has 2 nitrogen and oxygen atoms in total. The lowest BCUT2D eigenvalue weighted by Gasteiger charge is -2.03. The van der Waals surface area contributed by atoms with Gasteiger partial charge in [0.2, 0.25) is 0 Å². The smallest absolute Gasteiger partial charge is 0.272 e. The van der Waals surface area contributed by atoms with E-state index in [9.17, 15) is 4.79 Å². The maximum Gasteiger partial charge on any atom is 0.343 e. The molecule has 0 aliphatic heterocycles. The first-order chi connectivity index (χ1) is 5.61. The van der Waals surface area contributed by atoms with Crippen molar-refractivity contribution in [3.05, 3.63) is 29.8 Å². The Morgan fingerprint density at radius 2 is 1.75 bits per heavy atom. The number of amides is 1. The summed E-state index contributed by atoms with van der Waals surface area (Å²) in [7, 11) is 3.63. The number of carbonyl (C=O) groups excluding carboxylic acids is 1. The van der Waals surface area contributed by atoms with Crippen molar-refractivity contribution in [2.24, 2.45) is 0 Å². The van der Waals surface area contributed by atoms with Crippen molar-refractivity contribution >= 4 is 18.5 Å². The van der Waals surface area contributed by atoms with Crippen LogP contribution in [0.3, 0.4) is 0 Å². The zero-order valence-corrected chi connectivity index (χ0v) is 8.06. The van der Waals surface area contributed by atoms with Crippen molar-refractivity contribution in [3.63, 3.8) is 0 Å². The second-order valence-corrected chi connectivity index (χ2v) is 3.39. The SMILES string of the molecule is C[NH+](C)C(=O)c1ccc(S)cc1. The maximum atomic E-state index is 11.4. The highest BCUT2D eigenvalue weighted by Gasteiger charge is 2.11. The van der Waals surface area contributed by atoms with Gasteiger partial charge >= 0.3 is 5.91 Å². The lowest BCUT2D eigenvalue weighted by atomic mass is 10.2. The van der Waals surface area contributed by atoms with E-state index in [0.717, 1.165) is 15.4 Å². The summed E-state index contributed by atoms with van der Waals surface area (Å²) in [6.45, 7) is 0. The average Bonchev–Trinajstić information content (AvgIpc) is 2.04. The Kier molecular flexibility index (Phi) is 2.89. The molecule has 3 heteroatoms. The minimum absolute atomic E-state index is 0.100. The van der Waals surface area contributed by atoms with Crippen LogP contribution in [0, 0.1) is 0 Å². The summed E-state index contributed by atoms with van der Waals surface area (Å²) in [5.41, 5.74) is 0.729. The average molecular weight is 182 g/mol. The molecule has 0 atom stereocenters. The number of nitrogens with one attached hydrogen (secondary N) is 1. The van der Waals surface area contributed by atoms with Crippen LogP contribution in [0.2, 0.25) is 0 Å². The van der Waals surface area contributed by atoms with E-state index in [1.807, 2.05) is 26.2 Å². The van der Waals surface area contributed by atoms with Gasteiger partial charge in [0.1, 0.15) is 0 Å². The summed E-state index contributed by atoms with van der Waals surface area (Å²) in [6.07, 6.45) is 0. The Labute approximate surface area is 77.6 Å². The predicted molar refractivity (Wildman–Crippen MR) is 50.8 cm³/mol. The molecule has 0 heterocycles. The number of quaternary nitrogens is 1. The molecule has 1 N–H and O–H groups in total. The molecule has 12 heavy (non-hydrogen) atoms. The third-order valence-corrected chi connectivity index (χ3v) is 1.88. The molecule has 1 amide bonds. The van der Waals surface area contributed by atoms with E-state index < -0.39 is 0 Å². The molecule has 0 aliphatic carbocycles. The number of hydrogen-bond donors (Lipinski definition) is 2. The van der Waals surface area contributed by atoms with E-state index >= 15 is 0 Å². The zero-order chi connectivity index (χ0) is 9.14. The van der Waals surface area contributed by atoms with Gasteiger partial charge in [-0.2, -0.15) is 0 Å². The summed E-state index contributed by atoms with van der Waals surface area (Å²) >= 11 is 4.13. The molecular formula is C9H12NOS+. The van der Waals surface area contributed by atoms with E-state index in [1.54, 1.807) is 12.1 Å². The fourth-order valence-corrected chi connectivity index (χ4v) is 1.05. The normalized spacial score (nSPS) is 10.3. The Morgan fingerprint density at radius 1 is 1.25 bits per heavy atom. The number of rotatable bonds is 1. The molecule has 0 aliphatic rings. The standard InChI is InChI=1S/C9H11NOS/c1-10(2)9(11)7-3-5-8(12)6-4-7/h3-6,12H,1-2H3/p+1. The van der Waals surface area contributed by atoms with Gasteiger partial charge in [-0.25, -0.2) is 4.79 Å². The Hall–Kier alpha value is -0.800. The first-order valence-corrected chi connectivity index (χ1v) is 4.20. The first kappa shape index (κ1) is 9.29. The van der Waals surface area contributed by atoms with Gasteiger partial charge < -0.3 is 0 Å². The Balaban J connectivity index is 2.90. The van der Waals surface area contributed by atoms with Gasteiger partial charge in [-0.15, -0.1) is 12.6 Å².